The SMILES string of the molecule is CC(C(=O)O)c1cccs1. The summed E-state index contributed by atoms with van der Waals surface area (Å²) in [5, 5.41) is 10.4. The predicted molar refractivity (Wildman–Crippen MR) is 40.4 cm³/mol. The van der Waals surface area contributed by atoms with Crippen molar-refractivity contribution in [2.24, 2.45) is 0 Å². The molecule has 54 valence electrons. The molecule has 0 aliphatic rings. The van der Waals surface area contributed by atoms with Crippen molar-refractivity contribution in [1.82, 2.24) is 0 Å². The first-order chi connectivity index (χ1) is 4.72. The highest BCUT2D eigenvalue weighted by molar-refractivity contribution is 7.10. The minimum Gasteiger partial charge on any atom is -0.481 e. The minimum absolute atomic E-state index is 0.361. The summed E-state index contributed by atoms with van der Waals surface area (Å²) in [6.07, 6.45) is 0. The molecule has 1 atom stereocenters. The van der Waals surface area contributed by atoms with Gasteiger partial charge in [0.1, 0.15) is 0 Å². The van der Waals surface area contributed by atoms with Crippen molar-refractivity contribution in [1.29, 1.82) is 0 Å². The molecule has 0 aromatic carbocycles. The molecule has 0 fully saturated rings. The molecule has 1 aromatic heterocycles. The van der Waals surface area contributed by atoms with Gasteiger partial charge in [-0.1, -0.05) is 6.07 Å². The van der Waals surface area contributed by atoms with Gasteiger partial charge in [-0.2, -0.15) is 0 Å². The smallest absolute Gasteiger partial charge is 0.311 e. The number of aliphatic carboxylic acids is 1. The van der Waals surface area contributed by atoms with Crippen LogP contribution in [-0.2, 0) is 4.79 Å². The van der Waals surface area contributed by atoms with Crippen LogP contribution in [0.25, 0.3) is 0 Å². The van der Waals surface area contributed by atoms with Crippen LogP contribution >= 0.6 is 11.3 Å². The number of thiophene rings is 1. The molecule has 1 unspecified atom stereocenters. The monoisotopic (exact) mass is 156 g/mol. The molecule has 0 aliphatic carbocycles. The van der Waals surface area contributed by atoms with Gasteiger partial charge in [0.2, 0.25) is 0 Å². The van der Waals surface area contributed by atoms with E-state index in [0.717, 1.165) is 4.88 Å². The Hall–Kier alpha value is -0.830. The maximum atomic E-state index is 10.4. The molecule has 0 radical (unpaired) electrons. The van der Waals surface area contributed by atoms with Gasteiger partial charge in [-0.25, -0.2) is 0 Å². The third-order valence-electron chi connectivity index (χ3n) is 1.34. The lowest BCUT2D eigenvalue weighted by molar-refractivity contribution is -0.138. The van der Waals surface area contributed by atoms with E-state index in [1.165, 1.54) is 11.3 Å². The summed E-state index contributed by atoms with van der Waals surface area (Å²) in [4.78, 5) is 11.3. The zero-order chi connectivity index (χ0) is 7.56. The largest absolute Gasteiger partial charge is 0.481 e. The molecule has 0 saturated carbocycles. The Morgan fingerprint density at radius 2 is 2.50 bits per heavy atom. The molecule has 0 saturated heterocycles. The Morgan fingerprint density at radius 1 is 1.80 bits per heavy atom. The summed E-state index contributed by atoms with van der Waals surface area (Å²) in [7, 11) is 0. The maximum Gasteiger partial charge on any atom is 0.311 e. The molecule has 0 aliphatic heterocycles. The highest BCUT2D eigenvalue weighted by atomic mass is 32.1. The topological polar surface area (TPSA) is 37.3 Å². The van der Waals surface area contributed by atoms with E-state index in [2.05, 4.69) is 0 Å². The van der Waals surface area contributed by atoms with Gasteiger partial charge in [0.15, 0.2) is 0 Å². The molecule has 1 aromatic rings. The molecule has 1 heterocycles. The highest BCUT2D eigenvalue weighted by Crippen LogP contribution is 2.20. The molecule has 0 spiro atoms. The van der Waals surface area contributed by atoms with Crippen LogP contribution < -0.4 is 0 Å². The Bertz CT molecular complexity index is 216. The number of hydrogen-bond acceptors (Lipinski definition) is 2. The van der Waals surface area contributed by atoms with Gasteiger partial charge in [-0.05, 0) is 18.4 Å². The van der Waals surface area contributed by atoms with Gasteiger partial charge < -0.3 is 5.11 Å². The van der Waals surface area contributed by atoms with Crippen molar-refractivity contribution >= 4 is 17.3 Å². The van der Waals surface area contributed by atoms with Crippen molar-refractivity contribution in [2.75, 3.05) is 0 Å². The van der Waals surface area contributed by atoms with Gasteiger partial charge in [0.05, 0.1) is 5.92 Å². The number of carboxylic acid groups (broad SMARTS) is 1. The predicted octanol–water partition coefficient (Wildman–Crippen LogP) is 1.94. The van der Waals surface area contributed by atoms with Crippen LogP contribution in [0.2, 0.25) is 0 Å². The minimum atomic E-state index is -0.762. The van der Waals surface area contributed by atoms with Crippen LogP contribution in [0.15, 0.2) is 17.5 Å². The van der Waals surface area contributed by atoms with Gasteiger partial charge in [-0.15, -0.1) is 11.3 Å². The van der Waals surface area contributed by atoms with Crippen molar-refractivity contribution in [3.8, 4) is 0 Å². The van der Waals surface area contributed by atoms with Crippen LogP contribution in [0.4, 0.5) is 0 Å². The van der Waals surface area contributed by atoms with Gasteiger partial charge in [-0.3, -0.25) is 4.79 Å². The molecule has 10 heavy (non-hydrogen) atoms. The molecule has 1 rings (SSSR count). The van der Waals surface area contributed by atoms with E-state index in [1.54, 1.807) is 6.92 Å². The molecular formula is C7H8O2S. The first-order valence-electron chi connectivity index (χ1n) is 2.98. The fraction of sp³-hybridized carbons (Fsp3) is 0.286. The summed E-state index contributed by atoms with van der Waals surface area (Å²) < 4.78 is 0. The third-order valence-corrected chi connectivity index (χ3v) is 2.40. The Morgan fingerprint density at radius 3 is 2.90 bits per heavy atom. The first-order valence-corrected chi connectivity index (χ1v) is 3.86. The fourth-order valence-electron chi connectivity index (χ4n) is 0.659. The van der Waals surface area contributed by atoms with E-state index in [4.69, 9.17) is 5.11 Å². The third kappa shape index (κ3) is 1.36. The second kappa shape index (κ2) is 2.84. The van der Waals surface area contributed by atoms with Crippen molar-refractivity contribution in [3.63, 3.8) is 0 Å². The maximum absolute atomic E-state index is 10.4. The summed E-state index contributed by atoms with van der Waals surface area (Å²) in [6, 6.07) is 3.70. The van der Waals surface area contributed by atoms with Crippen LogP contribution in [0.3, 0.4) is 0 Å². The summed E-state index contributed by atoms with van der Waals surface area (Å²) in [6.45, 7) is 1.69. The average molecular weight is 156 g/mol. The van der Waals surface area contributed by atoms with E-state index in [1.807, 2.05) is 17.5 Å². The highest BCUT2D eigenvalue weighted by Gasteiger charge is 2.13. The Balaban J connectivity index is 2.77. The normalized spacial score (nSPS) is 12.9. The second-order valence-corrected chi connectivity index (χ2v) is 3.05. The van der Waals surface area contributed by atoms with E-state index in [9.17, 15) is 4.79 Å². The zero-order valence-electron chi connectivity index (χ0n) is 5.57. The number of hydrogen-bond donors (Lipinski definition) is 1. The van der Waals surface area contributed by atoms with E-state index < -0.39 is 5.97 Å². The van der Waals surface area contributed by atoms with E-state index in [-0.39, 0.29) is 5.92 Å². The van der Waals surface area contributed by atoms with E-state index in [0.29, 0.717) is 0 Å². The number of carboxylic acids is 1. The van der Waals surface area contributed by atoms with Gasteiger partial charge >= 0.3 is 5.97 Å². The van der Waals surface area contributed by atoms with Gasteiger partial charge in [0.25, 0.3) is 0 Å². The lowest BCUT2D eigenvalue weighted by atomic mass is 10.1. The van der Waals surface area contributed by atoms with Crippen LogP contribution in [-0.4, -0.2) is 11.1 Å². The molecule has 0 amide bonds. The first kappa shape index (κ1) is 7.28. The number of rotatable bonds is 2. The molecule has 2 nitrogen and oxygen atoms in total. The van der Waals surface area contributed by atoms with Crippen LogP contribution in [0, 0.1) is 0 Å². The van der Waals surface area contributed by atoms with Crippen LogP contribution in [0.5, 0.6) is 0 Å². The Labute approximate surface area is 63.1 Å². The molecule has 0 bridgehead atoms. The molecular weight excluding hydrogens is 148 g/mol. The lowest BCUT2D eigenvalue weighted by Crippen LogP contribution is -2.04. The Kier molecular flexibility index (Phi) is 2.06. The standard InChI is InChI=1S/C7H8O2S/c1-5(7(8)9)6-3-2-4-10-6/h2-5H,1H3,(H,8,9). The van der Waals surface area contributed by atoms with Crippen molar-refractivity contribution < 1.29 is 9.90 Å². The zero-order valence-corrected chi connectivity index (χ0v) is 6.39. The second-order valence-electron chi connectivity index (χ2n) is 2.08. The number of carbonyl (C=O) groups is 1. The average Bonchev–Trinajstić information content (AvgIpc) is 2.36. The summed E-state index contributed by atoms with van der Waals surface area (Å²) in [5.74, 6) is -1.12. The van der Waals surface area contributed by atoms with Crippen molar-refractivity contribution in [3.05, 3.63) is 22.4 Å². The lowest BCUT2D eigenvalue weighted by Gasteiger charge is -1.99. The summed E-state index contributed by atoms with van der Waals surface area (Å²) >= 11 is 1.48. The quantitative estimate of drug-likeness (QED) is 0.710. The van der Waals surface area contributed by atoms with Crippen LogP contribution in [0.1, 0.15) is 17.7 Å². The molecule has 3 heteroatoms. The molecule has 1 N–H and O–H groups in total. The fourth-order valence-corrected chi connectivity index (χ4v) is 1.44. The van der Waals surface area contributed by atoms with Gasteiger partial charge in [0, 0.05) is 4.88 Å². The summed E-state index contributed by atoms with van der Waals surface area (Å²) in [5.41, 5.74) is 0. The van der Waals surface area contributed by atoms with E-state index >= 15 is 0 Å². The van der Waals surface area contributed by atoms with Crippen molar-refractivity contribution in [2.45, 2.75) is 12.8 Å².